The third-order valence-corrected chi connectivity index (χ3v) is 3.57. The fourth-order valence-electron chi connectivity index (χ4n) is 2.40. The lowest BCUT2D eigenvalue weighted by Gasteiger charge is -2.20. The molecule has 112 valence electrons. The molecule has 2 atom stereocenters. The van der Waals surface area contributed by atoms with Gasteiger partial charge in [-0.25, -0.2) is 4.98 Å². The first-order chi connectivity index (χ1) is 10.1. The molecular weight excluding hydrogens is 264 g/mol. The first-order valence-electron chi connectivity index (χ1n) is 7.20. The number of carbonyl (C=O) groups is 1. The van der Waals surface area contributed by atoms with Gasteiger partial charge in [-0.3, -0.25) is 4.79 Å². The number of amides is 1. The molecule has 0 fully saturated rings. The van der Waals surface area contributed by atoms with Crippen molar-refractivity contribution in [1.82, 2.24) is 14.9 Å². The molecular formula is C16H22N4O. The van der Waals surface area contributed by atoms with E-state index in [1.807, 2.05) is 18.2 Å². The minimum atomic E-state index is -0.488. The van der Waals surface area contributed by atoms with Gasteiger partial charge < -0.3 is 15.6 Å². The number of rotatable bonds is 7. The molecule has 0 aliphatic carbocycles. The molecule has 0 bridgehead atoms. The Bertz CT molecular complexity index is 579. The van der Waals surface area contributed by atoms with Gasteiger partial charge >= 0.3 is 0 Å². The summed E-state index contributed by atoms with van der Waals surface area (Å²) in [6.45, 7) is 5.01. The zero-order valence-corrected chi connectivity index (χ0v) is 12.5. The maximum Gasteiger partial charge on any atom is 0.284 e. The Morgan fingerprint density at radius 2 is 2.05 bits per heavy atom. The highest BCUT2D eigenvalue weighted by Crippen LogP contribution is 2.13. The molecule has 1 unspecified atom stereocenters. The number of hydrogen-bond acceptors (Lipinski definition) is 3. The first-order valence-corrected chi connectivity index (χ1v) is 7.20. The zero-order valence-electron chi connectivity index (χ0n) is 12.5. The van der Waals surface area contributed by atoms with Crippen molar-refractivity contribution in [2.24, 2.45) is 5.73 Å². The number of nitrogens with zero attached hydrogens (tertiary/aromatic N) is 2. The Kier molecular flexibility index (Phi) is 5.11. The van der Waals surface area contributed by atoms with Crippen LogP contribution in [-0.4, -0.2) is 21.5 Å². The molecule has 0 spiro atoms. The van der Waals surface area contributed by atoms with Crippen LogP contribution in [0, 0.1) is 0 Å². The predicted octanol–water partition coefficient (Wildman–Crippen LogP) is 2.11. The number of hydrogen-bond donors (Lipinski definition) is 2. The highest BCUT2D eigenvalue weighted by atomic mass is 16.1. The minimum absolute atomic E-state index is 0.291. The molecule has 1 amide bonds. The molecule has 2 aromatic rings. The van der Waals surface area contributed by atoms with Crippen molar-refractivity contribution in [3.63, 3.8) is 0 Å². The minimum Gasteiger partial charge on any atom is -0.363 e. The first kappa shape index (κ1) is 15.3. The Labute approximate surface area is 125 Å². The van der Waals surface area contributed by atoms with E-state index in [0.29, 0.717) is 24.5 Å². The van der Waals surface area contributed by atoms with Crippen LogP contribution in [0.2, 0.25) is 0 Å². The van der Waals surface area contributed by atoms with Crippen molar-refractivity contribution in [3.8, 4) is 0 Å². The van der Waals surface area contributed by atoms with Gasteiger partial charge in [0, 0.05) is 31.0 Å². The molecule has 0 aliphatic heterocycles. The van der Waals surface area contributed by atoms with Crippen LogP contribution in [0.1, 0.15) is 42.5 Å². The summed E-state index contributed by atoms with van der Waals surface area (Å²) in [7, 11) is 0. The van der Waals surface area contributed by atoms with Crippen LogP contribution in [0.15, 0.2) is 42.7 Å². The SMILES string of the molecule is CC(CCn1ccnc1C(N)=O)N[C@@H](C)c1ccccc1. The van der Waals surface area contributed by atoms with E-state index in [2.05, 4.69) is 36.3 Å². The summed E-state index contributed by atoms with van der Waals surface area (Å²) in [5.41, 5.74) is 6.55. The normalized spacial score (nSPS) is 13.8. The van der Waals surface area contributed by atoms with Gasteiger partial charge in [-0.05, 0) is 25.8 Å². The van der Waals surface area contributed by atoms with E-state index < -0.39 is 5.91 Å². The second-order valence-corrected chi connectivity index (χ2v) is 5.30. The van der Waals surface area contributed by atoms with Crippen molar-refractivity contribution < 1.29 is 4.79 Å². The molecule has 21 heavy (non-hydrogen) atoms. The van der Waals surface area contributed by atoms with E-state index in [0.717, 1.165) is 6.42 Å². The molecule has 2 rings (SSSR count). The quantitative estimate of drug-likeness (QED) is 0.818. The van der Waals surface area contributed by atoms with Crippen LogP contribution in [-0.2, 0) is 6.54 Å². The summed E-state index contributed by atoms with van der Waals surface area (Å²) < 4.78 is 1.80. The van der Waals surface area contributed by atoms with Gasteiger partial charge in [0.2, 0.25) is 0 Å². The smallest absolute Gasteiger partial charge is 0.284 e. The molecule has 1 heterocycles. The van der Waals surface area contributed by atoms with E-state index in [1.165, 1.54) is 5.56 Å². The molecule has 0 saturated carbocycles. The molecule has 5 nitrogen and oxygen atoms in total. The maximum absolute atomic E-state index is 11.2. The Hall–Kier alpha value is -2.14. The van der Waals surface area contributed by atoms with Gasteiger partial charge in [-0.15, -0.1) is 0 Å². The summed E-state index contributed by atoms with van der Waals surface area (Å²) in [6, 6.07) is 11.0. The van der Waals surface area contributed by atoms with Gasteiger partial charge in [0.1, 0.15) is 0 Å². The number of aromatic nitrogens is 2. The highest BCUT2D eigenvalue weighted by molar-refractivity contribution is 5.89. The number of carbonyl (C=O) groups excluding carboxylic acids is 1. The van der Waals surface area contributed by atoms with Crippen LogP contribution < -0.4 is 11.1 Å². The van der Waals surface area contributed by atoms with Crippen LogP contribution in [0.25, 0.3) is 0 Å². The standard InChI is InChI=1S/C16H22N4O/c1-12(19-13(2)14-6-4-3-5-7-14)8-10-20-11-9-18-16(20)15(17)21/h3-7,9,11-13,19H,8,10H2,1-2H3,(H2,17,21)/t12?,13-/m0/s1. The number of benzene rings is 1. The number of imidazole rings is 1. The van der Waals surface area contributed by atoms with E-state index in [-0.39, 0.29) is 0 Å². The lowest BCUT2D eigenvalue weighted by Crippen LogP contribution is -2.30. The Morgan fingerprint density at radius 3 is 2.71 bits per heavy atom. The van der Waals surface area contributed by atoms with Crippen molar-refractivity contribution in [2.75, 3.05) is 0 Å². The van der Waals surface area contributed by atoms with Crippen molar-refractivity contribution in [1.29, 1.82) is 0 Å². The van der Waals surface area contributed by atoms with E-state index in [4.69, 9.17) is 5.73 Å². The third kappa shape index (κ3) is 4.16. The number of primary amides is 1. The molecule has 1 aromatic heterocycles. The summed E-state index contributed by atoms with van der Waals surface area (Å²) in [6.07, 6.45) is 4.28. The molecule has 3 N–H and O–H groups in total. The van der Waals surface area contributed by atoms with Crippen LogP contribution in [0.5, 0.6) is 0 Å². The van der Waals surface area contributed by atoms with Crippen molar-refractivity contribution >= 4 is 5.91 Å². The second kappa shape index (κ2) is 7.04. The third-order valence-electron chi connectivity index (χ3n) is 3.57. The van der Waals surface area contributed by atoms with E-state index in [9.17, 15) is 4.79 Å². The summed E-state index contributed by atoms with van der Waals surface area (Å²) in [4.78, 5) is 15.2. The van der Waals surface area contributed by atoms with Crippen LogP contribution >= 0.6 is 0 Å². The fourth-order valence-corrected chi connectivity index (χ4v) is 2.40. The fraction of sp³-hybridized carbons (Fsp3) is 0.375. The number of nitrogens with one attached hydrogen (secondary N) is 1. The van der Waals surface area contributed by atoms with Gasteiger partial charge in [-0.2, -0.15) is 0 Å². The average Bonchev–Trinajstić information content (AvgIpc) is 2.94. The van der Waals surface area contributed by atoms with Crippen molar-refractivity contribution in [2.45, 2.75) is 38.9 Å². The van der Waals surface area contributed by atoms with E-state index >= 15 is 0 Å². The van der Waals surface area contributed by atoms with Crippen molar-refractivity contribution in [3.05, 3.63) is 54.1 Å². The summed E-state index contributed by atoms with van der Waals surface area (Å²) in [5.74, 6) is -0.170. The lowest BCUT2D eigenvalue weighted by atomic mass is 10.1. The molecule has 5 heteroatoms. The van der Waals surface area contributed by atoms with Crippen LogP contribution in [0.4, 0.5) is 0 Å². The average molecular weight is 286 g/mol. The van der Waals surface area contributed by atoms with Crippen LogP contribution in [0.3, 0.4) is 0 Å². The van der Waals surface area contributed by atoms with Gasteiger partial charge in [0.15, 0.2) is 5.82 Å². The molecule has 0 aliphatic rings. The monoisotopic (exact) mass is 286 g/mol. The van der Waals surface area contributed by atoms with Gasteiger partial charge in [0.25, 0.3) is 5.91 Å². The second-order valence-electron chi connectivity index (χ2n) is 5.30. The predicted molar refractivity (Wildman–Crippen MR) is 82.8 cm³/mol. The summed E-state index contributed by atoms with van der Waals surface area (Å²) in [5, 5.41) is 3.56. The van der Waals surface area contributed by atoms with Gasteiger partial charge in [-0.1, -0.05) is 30.3 Å². The highest BCUT2D eigenvalue weighted by Gasteiger charge is 2.12. The number of nitrogens with two attached hydrogens (primary N) is 1. The van der Waals surface area contributed by atoms with Gasteiger partial charge in [0.05, 0.1) is 0 Å². The summed E-state index contributed by atoms with van der Waals surface area (Å²) >= 11 is 0. The maximum atomic E-state index is 11.2. The lowest BCUT2D eigenvalue weighted by molar-refractivity contribution is 0.0986. The zero-order chi connectivity index (χ0) is 15.2. The Balaban J connectivity index is 1.86. The Morgan fingerprint density at radius 1 is 1.33 bits per heavy atom. The molecule has 1 aromatic carbocycles. The van der Waals surface area contributed by atoms with E-state index in [1.54, 1.807) is 17.0 Å². The number of aryl methyl sites for hydroxylation is 1. The molecule has 0 saturated heterocycles. The molecule has 0 radical (unpaired) electrons. The topological polar surface area (TPSA) is 72.9 Å². The largest absolute Gasteiger partial charge is 0.363 e.